The quantitative estimate of drug-likeness (QED) is 0.215. The Balaban J connectivity index is 1.61. The number of amides is 3. The number of non-ortho nitro benzene ring substituents is 1. The number of anilines is 1. The average Bonchev–Trinajstić information content (AvgIpc) is 3.14. The van der Waals surface area contributed by atoms with Gasteiger partial charge >= 0.3 is 0 Å². The third-order valence-electron chi connectivity index (χ3n) is 5.91. The summed E-state index contributed by atoms with van der Waals surface area (Å²) in [5.41, 5.74) is 0.339. The highest BCUT2D eigenvalue weighted by Crippen LogP contribution is 2.28. The van der Waals surface area contributed by atoms with Crippen LogP contribution in [0.15, 0.2) is 48.5 Å². The fourth-order valence-electron chi connectivity index (χ4n) is 4.11. The zero-order valence-corrected chi connectivity index (χ0v) is 20.4. The Bertz CT molecular complexity index is 1100. The summed E-state index contributed by atoms with van der Waals surface area (Å²) in [6.45, 7) is 3.26. The number of rotatable bonds is 7. The van der Waals surface area contributed by atoms with Crippen molar-refractivity contribution in [3.05, 3.63) is 67.8 Å². The first-order chi connectivity index (χ1) is 16.3. The molecule has 2 fully saturated rings. The maximum atomic E-state index is 13.5. The molecule has 0 saturated carbocycles. The fourth-order valence-corrected chi connectivity index (χ4v) is 4.47. The standard InChI is InChI=1S/C23H23IN4O6/c24-17-4-6-18(7-5-17)27-21(29)15-20(23(27)31)26(9-8-25-10-12-34-13-11-25)22(30)16-2-1-3-19(14-16)28(32)33/h1-7,14,20H,8-13,15H2. The lowest BCUT2D eigenvalue weighted by Gasteiger charge is -2.32. The minimum Gasteiger partial charge on any atom is -0.379 e. The van der Waals surface area contributed by atoms with Crippen LogP contribution < -0.4 is 4.90 Å². The molecule has 2 heterocycles. The Morgan fingerprint density at radius 3 is 2.53 bits per heavy atom. The maximum absolute atomic E-state index is 13.5. The van der Waals surface area contributed by atoms with E-state index in [4.69, 9.17) is 4.74 Å². The molecule has 1 unspecified atom stereocenters. The number of carbonyl (C=O) groups is 3. The van der Waals surface area contributed by atoms with E-state index in [0.717, 1.165) is 8.47 Å². The molecule has 0 bridgehead atoms. The predicted octanol–water partition coefficient (Wildman–Crippen LogP) is 2.31. The second-order valence-electron chi connectivity index (χ2n) is 8.02. The Kier molecular flexibility index (Phi) is 7.54. The zero-order valence-electron chi connectivity index (χ0n) is 18.3. The summed E-state index contributed by atoms with van der Waals surface area (Å²) >= 11 is 2.14. The first-order valence-electron chi connectivity index (χ1n) is 10.8. The number of hydrogen-bond acceptors (Lipinski definition) is 7. The summed E-state index contributed by atoms with van der Waals surface area (Å²) in [7, 11) is 0. The smallest absolute Gasteiger partial charge is 0.270 e. The van der Waals surface area contributed by atoms with Gasteiger partial charge in [0, 0.05) is 47.4 Å². The van der Waals surface area contributed by atoms with Gasteiger partial charge < -0.3 is 9.64 Å². The van der Waals surface area contributed by atoms with E-state index < -0.39 is 22.8 Å². The Morgan fingerprint density at radius 1 is 1.15 bits per heavy atom. The predicted molar refractivity (Wildman–Crippen MR) is 131 cm³/mol. The van der Waals surface area contributed by atoms with Crippen molar-refractivity contribution in [3.63, 3.8) is 0 Å². The molecule has 0 N–H and O–H groups in total. The molecule has 2 aromatic rings. The largest absolute Gasteiger partial charge is 0.379 e. The molecular weight excluding hydrogens is 555 g/mol. The van der Waals surface area contributed by atoms with Gasteiger partial charge in [0.05, 0.1) is 30.2 Å². The zero-order chi connectivity index (χ0) is 24.2. The number of nitro groups is 1. The number of ether oxygens (including phenoxy) is 1. The number of halogens is 1. The lowest BCUT2D eigenvalue weighted by molar-refractivity contribution is -0.384. The highest BCUT2D eigenvalue weighted by atomic mass is 127. The van der Waals surface area contributed by atoms with Gasteiger partial charge in [0.2, 0.25) is 5.91 Å². The summed E-state index contributed by atoms with van der Waals surface area (Å²) in [5.74, 6) is -1.39. The van der Waals surface area contributed by atoms with Crippen molar-refractivity contribution in [1.82, 2.24) is 9.80 Å². The lowest BCUT2D eigenvalue weighted by atomic mass is 10.1. The van der Waals surface area contributed by atoms with E-state index in [1.807, 2.05) is 0 Å². The van der Waals surface area contributed by atoms with Gasteiger partial charge in [0.25, 0.3) is 17.5 Å². The molecule has 0 aromatic heterocycles. The van der Waals surface area contributed by atoms with Gasteiger partial charge in [-0.3, -0.25) is 29.4 Å². The van der Waals surface area contributed by atoms with E-state index in [9.17, 15) is 24.5 Å². The number of carbonyl (C=O) groups excluding carboxylic acids is 3. The summed E-state index contributed by atoms with van der Waals surface area (Å²) in [5, 5.41) is 11.2. The second kappa shape index (κ2) is 10.6. The van der Waals surface area contributed by atoms with Crippen LogP contribution in [0.2, 0.25) is 0 Å². The molecule has 10 nitrogen and oxygen atoms in total. The molecule has 1 atom stereocenters. The normalized spacial score (nSPS) is 18.9. The summed E-state index contributed by atoms with van der Waals surface area (Å²) in [4.78, 5) is 55.0. The van der Waals surface area contributed by atoms with Crippen LogP contribution in [-0.2, 0) is 14.3 Å². The second-order valence-corrected chi connectivity index (χ2v) is 9.27. The van der Waals surface area contributed by atoms with E-state index in [1.54, 1.807) is 24.3 Å². The lowest BCUT2D eigenvalue weighted by Crippen LogP contribution is -2.49. The molecule has 2 aromatic carbocycles. The van der Waals surface area contributed by atoms with E-state index in [0.29, 0.717) is 38.5 Å². The molecule has 2 aliphatic heterocycles. The van der Waals surface area contributed by atoms with E-state index >= 15 is 0 Å². The number of morpholine rings is 1. The van der Waals surface area contributed by atoms with Gasteiger partial charge in [-0.1, -0.05) is 6.07 Å². The summed E-state index contributed by atoms with van der Waals surface area (Å²) in [6.07, 6.45) is -0.144. The molecule has 0 spiro atoms. The van der Waals surface area contributed by atoms with Gasteiger partial charge in [-0.25, -0.2) is 4.90 Å². The van der Waals surface area contributed by atoms with Crippen molar-refractivity contribution in [1.29, 1.82) is 0 Å². The molecule has 3 amide bonds. The molecule has 2 aliphatic rings. The Morgan fingerprint density at radius 2 is 1.85 bits per heavy atom. The van der Waals surface area contributed by atoms with Gasteiger partial charge in [0.15, 0.2) is 0 Å². The van der Waals surface area contributed by atoms with E-state index in [1.165, 1.54) is 29.2 Å². The molecule has 2 saturated heterocycles. The van der Waals surface area contributed by atoms with Crippen molar-refractivity contribution in [3.8, 4) is 0 Å². The number of nitrogens with zero attached hydrogens (tertiary/aromatic N) is 4. The van der Waals surface area contributed by atoms with Crippen LogP contribution in [0.3, 0.4) is 0 Å². The van der Waals surface area contributed by atoms with Crippen LogP contribution in [-0.4, -0.2) is 77.9 Å². The number of imide groups is 1. The van der Waals surface area contributed by atoms with E-state index in [2.05, 4.69) is 27.5 Å². The molecule has 11 heteroatoms. The molecule has 34 heavy (non-hydrogen) atoms. The Hall–Kier alpha value is -2.90. The molecule has 0 aliphatic carbocycles. The highest BCUT2D eigenvalue weighted by Gasteiger charge is 2.44. The van der Waals surface area contributed by atoms with Crippen LogP contribution in [0.5, 0.6) is 0 Å². The average molecular weight is 578 g/mol. The SMILES string of the molecule is O=C1CC(N(CCN2CCOCC2)C(=O)c2cccc([N+](=O)[O-])c2)C(=O)N1c1ccc(I)cc1. The maximum Gasteiger partial charge on any atom is 0.270 e. The van der Waals surface area contributed by atoms with Crippen molar-refractivity contribution in [2.24, 2.45) is 0 Å². The third kappa shape index (κ3) is 5.26. The van der Waals surface area contributed by atoms with Crippen molar-refractivity contribution in [2.75, 3.05) is 44.3 Å². The van der Waals surface area contributed by atoms with Crippen LogP contribution in [0.1, 0.15) is 16.8 Å². The summed E-state index contributed by atoms with van der Waals surface area (Å²) < 4.78 is 6.33. The molecule has 178 valence electrons. The molecular formula is C23H23IN4O6. The van der Waals surface area contributed by atoms with Gasteiger partial charge in [-0.05, 0) is 52.9 Å². The van der Waals surface area contributed by atoms with Gasteiger partial charge in [-0.2, -0.15) is 0 Å². The first-order valence-corrected chi connectivity index (χ1v) is 11.9. The number of hydrogen-bond donors (Lipinski definition) is 0. The number of nitro benzene ring substituents is 1. The van der Waals surface area contributed by atoms with Gasteiger partial charge in [0.1, 0.15) is 6.04 Å². The van der Waals surface area contributed by atoms with Crippen LogP contribution in [0.4, 0.5) is 11.4 Å². The molecule has 0 radical (unpaired) electrons. The van der Waals surface area contributed by atoms with Crippen molar-refractivity contribution < 1.29 is 24.0 Å². The monoisotopic (exact) mass is 578 g/mol. The Labute approximate surface area is 209 Å². The topological polar surface area (TPSA) is 113 Å². The van der Waals surface area contributed by atoms with Crippen LogP contribution >= 0.6 is 22.6 Å². The van der Waals surface area contributed by atoms with Crippen LogP contribution in [0.25, 0.3) is 0 Å². The van der Waals surface area contributed by atoms with Gasteiger partial charge in [-0.15, -0.1) is 0 Å². The van der Waals surface area contributed by atoms with Crippen molar-refractivity contribution >= 4 is 51.7 Å². The minimum absolute atomic E-state index is 0.101. The highest BCUT2D eigenvalue weighted by molar-refractivity contribution is 14.1. The van der Waals surface area contributed by atoms with E-state index in [-0.39, 0.29) is 30.1 Å². The third-order valence-corrected chi connectivity index (χ3v) is 6.63. The number of benzene rings is 2. The fraction of sp³-hybridized carbons (Fsp3) is 0.348. The summed E-state index contributed by atoms with van der Waals surface area (Å²) in [6, 6.07) is 11.4. The van der Waals surface area contributed by atoms with Crippen LogP contribution in [0, 0.1) is 13.7 Å². The minimum atomic E-state index is -0.986. The van der Waals surface area contributed by atoms with Crippen molar-refractivity contribution in [2.45, 2.75) is 12.5 Å². The molecule has 4 rings (SSSR count). The first kappa shape index (κ1) is 24.2.